The standard InChI is InChI=1S/C6H2Br2F2IN/c7-4-2(11)1-3(6(9)10)12-5(4)8/h1,6H. The summed E-state index contributed by atoms with van der Waals surface area (Å²) in [6.45, 7) is 0. The Labute approximate surface area is 98.3 Å². The zero-order chi connectivity index (χ0) is 9.30. The zero-order valence-corrected chi connectivity index (χ0v) is 10.8. The van der Waals surface area contributed by atoms with Crippen molar-refractivity contribution < 1.29 is 8.78 Å². The van der Waals surface area contributed by atoms with E-state index in [9.17, 15) is 8.78 Å². The van der Waals surface area contributed by atoms with Crippen LogP contribution >= 0.6 is 54.5 Å². The minimum absolute atomic E-state index is 0.213. The van der Waals surface area contributed by atoms with Crippen LogP contribution in [0.15, 0.2) is 15.1 Å². The van der Waals surface area contributed by atoms with Gasteiger partial charge in [-0.25, -0.2) is 13.8 Å². The van der Waals surface area contributed by atoms with E-state index in [1.165, 1.54) is 6.07 Å². The van der Waals surface area contributed by atoms with Crippen LogP contribution in [0.5, 0.6) is 0 Å². The zero-order valence-electron chi connectivity index (χ0n) is 5.49. The molecule has 0 N–H and O–H groups in total. The maximum atomic E-state index is 12.2. The highest BCUT2D eigenvalue weighted by Gasteiger charge is 2.13. The maximum Gasteiger partial charge on any atom is 0.280 e. The third-order valence-corrected chi connectivity index (χ3v) is 4.62. The van der Waals surface area contributed by atoms with Crippen molar-refractivity contribution in [3.05, 3.63) is 24.4 Å². The van der Waals surface area contributed by atoms with E-state index in [0.29, 0.717) is 12.6 Å². The molecule has 0 aliphatic rings. The second-order valence-corrected chi connectivity index (χ2v) is 4.64. The Bertz CT molecular complexity index is 283. The molecule has 0 saturated carbocycles. The van der Waals surface area contributed by atoms with Gasteiger partial charge in [0.25, 0.3) is 6.43 Å². The number of aromatic nitrogens is 1. The Morgan fingerprint density at radius 1 is 1.42 bits per heavy atom. The van der Waals surface area contributed by atoms with Crippen molar-refractivity contribution >= 4 is 54.5 Å². The Morgan fingerprint density at radius 2 is 2.00 bits per heavy atom. The monoisotopic (exact) mass is 411 g/mol. The van der Waals surface area contributed by atoms with Gasteiger partial charge in [0, 0.05) is 3.57 Å². The van der Waals surface area contributed by atoms with Crippen LogP contribution < -0.4 is 0 Å². The van der Waals surface area contributed by atoms with Gasteiger partial charge in [0.05, 0.1) is 4.47 Å². The highest BCUT2D eigenvalue weighted by atomic mass is 127. The van der Waals surface area contributed by atoms with Gasteiger partial charge in [0.15, 0.2) is 0 Å². The second kappa shape index (κ2) is 4.28. The molecule has 0 saturated heterocycles. The molecule has 0 bridgehead atoms. The summed E-state index contributed by atoms with van der Waals surface area (Å²) in [4.78, 5) is 3.65. The fourth-order valence-electron chi connectivity index (χ4n) is 0.598. The number of alkyl halides is 2. The Morgan fingerprint density at radius 3 is 2.42 bits per heavy atom. The lowest BCUT2D eigenvalue weighted by molar-refractivity contribution is 0.145. The minimum atomic E-state index is -2.53. The third kappa shape index (κ3) is 2.35. The van der Waals surface area contributed by atoms with Crippen molar-refractivity contribution in [1.82, 2.24) is 4.98 Å². The molecule has 0 fully saturated rings. The lowest BCUT2D eigenvalue weighted by atomic mass is 10.4. The third-order valence-electron chi connectivity index (χ3n) is 1.12. The molecule has 0 unspecified atom stereocenters. The molecule has 1 aromatic heterocycles. The molecule has 1 heterocycles. The van der Waals surface area contributed by atoms with E-state index < -0.39 is 6.43 Å². The first-order chi connectivity index (χ1) is 5.52. The molecule has 0 radical (unpaired) electrons. The molecule has 0 aliphatic carbocycles. The smallest absolute Gasteiger partial charge is 0.239 e. The fraction of sp³-hybridized carbons (Fsp3) is 0.167. The van der Waals surface area contributed by atoms with Crippen LogP contribution in [0.25, 0.3) is 0 Å². The molecule has 0 spiro atoms. The SMILES string of the molecule is FC(F)c1cc(I)c(Br)c(Br)n1. The van der Waals surface area contributed by atoms with Gasteiger partial charge in [-0.3, -0.25) is 0 Å². The van der Waals surface area contributed by atoms with Crippen LogP contribution in [0.3, 0.4) is 0 Å². The van der Waals surface area contributed by atoms with Gasteiger partial charge in [0.2, 0.25) is 0 Å². The quantitative estimate of drug-likeness (QED) is 0.499. The summed E-state index contributed by atoms with van der Waals surface area (Å²) in [6.07, 6.45) is -2.53. The van der Waals surface area contributed by atoms with Crippen LogP contribution in [0.2, 0.25) is 0 Å². The fourth-order valence-corrected chi connectivity index (χ4v) is 2.16. The van der Waals surface area contributed by atoms with E-state index in [-0.39, 0.29) is 5.69 Å². The van der Waals surface area contributed by atoms with Crippen molar-refractivity contribution in [3.8, 4) is 0 Å². The van der Waals surface area contributed by atoms with E-state index in [2.05, 4.69) is 36.8 Å². The van der Waals surface area contributed by atoms with Gasteiger partial charge < -0.3 is 0 Å². The highest BCUT2D eigenvalue weighted by molar-refractivity contribution is 14.1. The molecule has 6 heteroatoms. The molecule has 0 atom stereocenters. The van der Waals surface area contributed by atoms with Gasteiger partial charge in [-0.05, 0) is 60.5 Å². The summed E-state index contributed by atoms with van der Waals surface area (Å²) in [6, 6.07) is 1.35. The van der Waals surface area contributed by atoms with Gasteiger partial charge in [-0.1, -0.05) is 0 Å². The van der Waals surface area contributed by atoms with Crippen LogP contribution in [-0.4, -0.2) is 4.98 Å². The van der Waals surface area contributed by atoms with Crippen molar-refractivity contribution in [2.75, 3.05) is 0 Å². The van der Waals surface area contributed by atoms with Crippen molar-refractivity contribution in [2.45, 2.75) is 6.43 Å². The number of rotatable bonds is 1. The predicted octanol–water partition coefficient (Wildman–Crippen LogP) is 4.15. The average Bonchev–Trinajstić information content (AvgIpc) is 1.99. The summed E-state index contributed by atoms with van der Waals surface area (Å²) in [7, 11) is 0. The Balaban J connectivity index is 3.21. The number of hydrogen-bond acceptors (Lipinski definition) is 1. The van der Waals surface area contributed by atoms with Crippen LogP contribution in [0, 0.1) is 3.57 Å². The first-order valence-corrected chi connectivity index (χ1v) is 5.48. The normalized spacial score (nSPS) is 10.8. The first kappa shape index (κ1) is 10.8. The minimum Gasteiger partial charge on any atom is -0.239 e. The second-order valence-electron chi connectivity index (χ2n) is 1.93. The van der Waals surface area contributed by atoms with Crippen LogP contribution in [-0.2, 0) is 0 Å². The largest absolute Gasteiger partial charge is 0.280 e. The van der Waals surface area contributed by atoms with E-state index in [4.69, 9.17) is 0 Å². The molecule has 0 aromatic carbocycles. The molecule has 1 nitrogen and oxygen atoms in total. The molecule has 12 heavy (non-hydrogen) atoms. The van der Waals surface area contributed by atoms with Crippen molar-refractivity contribution in [3.63, 3.8) is 0 Å². The summed E-state index contributed by atoms with van der Waals surface area (Å²) in [5.41, 5.74) is -0.213. The molecule has 0 amide bonds. The number of halogens is 5. The topological polar surface area (TPSA) is 12.9 Å². The first-order valence-electron chi connectivity index (χ1n) is 2.82. The van der Waals surface area contributed by atoms with E-state index in [1.807, 2.05) is 22.6 Å². The Kier molecular flexibility index (Phi) is 3.84. The maximum absolute atomic E-state index is 12.2. The summed E-state index contributed by atoms with van der Waals surface area (Å²) >= 11 is 8.23. The number of hydrogen-bond donors (Lipinski definition) is 0. The van der Waals surface area contributed by atoms with Crippen molar-refractivity contribution in [2.24, 2.45) is 0 Å². The van der Waals surface area contributed by atoms with E-state index in [1.54, 1.807) is 0 Å². The van der Waals surface area contributed by atoms with Gasteiger partial charge in [-0.2, -0.15) is 0 Å². The summed E-state index contributed by atoms with van der Waals surface area (Å²) in [5.74, 6) is 0. The predicted molar refractivity (Wildman–Crippen MR) is 57.3 cm³/mol. The van der Waals surface area contributed by atoms with Crippen LogP contribution in [0.1, 0.15) is 12.1 Å². The van der Waals surface area contributed by atoms with E-state index >= 15 is 0 Å². The molecule has 1 rings (SSSR count). The van der Waals surface area contributed by atoms with Crippen LogP contribution in [0.4, 0.5) is 8.78 Å². The average molecular weight is 413 g/mol. The molecule has 66 valence electrons. The number of nitrogens with zero attached hydrogens (tertiary/aromatic N) is 1. The molecular formula is C6H2Br2F2IN. The van der Waals surface area contributed by atoms with E-state index in [0.717, 1.165) is 0 Å². The highest BCUT2D eigenvalue weighted by Crippen LogP contribution is 2.29. The van der Waals surface area contributed by atoms with Gasteiger partial charge >= 0.3 is 0 Å². The van der Waals surface area contributed by atoms with Gasteiger partial charge in [-0.15, -0.1) is 0 Å². The summed E-state index contributed by atoms with van der Waals surface area (Å²) in [5, 5.41) is 0. The molecular weight excluding hydrogens is 411 g/mol. The molecule has 1 aromatic rings. The lowest BCUT2D eigenvalue weighted by Crippen LogP contribution is -1.93. The van der Waals surface area contributed by atoms with Gasteiger partial charge in [0.1, 0.15) is 10.3 Å². The Hall–Kier alpha value is 0.700. The summed E-state index contributed by atoms with van der Waals surface area (Å²) < 4.78 is 26.1. The lowest BCUT2D eigenvalue weighted by Gasteiger charge is -2.03. The molecule has 0 aliphatic heterocycles. The van der Waals surface area contributed by atoms with Crippen molar-refractivity contribution in [1.29, 1.82) is 0 Å². The number of pyridine rings is 1.